The van der Waals surface area contributed by atoms with Gasteiger partial charge < -0.3 is 10.1 Å². The first-order valence-corrected chi connectivity index (χ1v) is 8.35. The molecule has 0 saturated heterocycles. The maximum absolute atomic E-state index is 11.8. The Kier molecular flexibility index (Phi) is 5.89. The molecular formula is C16H21N3O2S. The van der Waals surface area contributed by atoms with E-state index in [1.54, 1.807) is 29.8 Å². The molecule has 0 aliphatic rings. The lowest BCUT2D eigenvalue weighted by atomic mass is 10.2. The van der Waals surface area contributed by atoms with Gasteiger partial charge in [0.15, 0.2) is 0 Å². The number of nitrogens with one attached hydrogen (secondary N) is 1. The van der Waals surface area contributed by atoms with E-state index in [0.717, 1.165) is 22.8 Å². The van der Waals surface area contributed by atoms with Crippen LogP contribution in [-0.4, -0.2) is 34.3 Å². The molecule has 1 aromatic carbocycles. The van der Waals surface area contributed by atoms with Crippen LogP contribution in [0.25, 0.3) is 5.69 Å². The number of carbonyl (C=O) groups excluding carboxylic acids is 1. The number of carbonyl (C=O) groups is 1. The zero-order valence-corrected chi connectivity index (χ0v) is 13.9. The van der Waals surface area contributed by atoms with Crippen molar-refractivity contribution in [1.29, 1.82) is 0 Å². The van der Waals surface area contributed by atoms with Gasteiger partial charge >= 0.3 is 0 Å². The summed E-state index contributed by atoms with van der Waals surface area (Å²) in [5, 5.41) is 7.33. The van der Waals surface area contributed by atoms with Gasteiger partial charge in [-0.1, -0.05) is 6.92 Å². The highest BCUT2D eigenvalue weighted by atomic mass is 32.2. The topological polar surface area (TPSA) is 56.2 Å². The van der Waals surface area contributed by atoms with Gasteiger partial charge in [0.05, 0.1) is 30.8 Å². The second kappa shape index (κ2) is 7.89. The van der Waals surface area contributed by atoms with Crippen LogP contribution in [0.5, 0.6) is 5.75 Å². The van der Waals surface area contributed by atoms with Crippen molar-refractivity contribution in [2.24, 2.45) is 0 Å². The molecule has 22 heavy (non-hydrogen) atoms. The minimum Gasteiger partial charge on any atom is -0.497 e. The molecule has 0 fully saturated rings. The summed E-state index contributed by atoms with van der Waals surface area (Å²) in [6.45, 7) is 4.00. The van der Waals surface area contributed by atoms with Crippen LogP contribution in [0, 0.1) is 0 Å². The number of methoxy groups -OCH3 is 1. The number of rotatable bonds is 7. The number of aromatic nitrogens is 2. The Hall–Kier alpha value is -1.95. The Morgan fingerprint density at radius 3 is 2.77 bits per heavy atom. The molecule has 2 rings (SSSR count). The average Bonchev–Trinajstić information content (AvgIpc) is 3.03. The molecular weight excluding hydrogens is 298 g/mol. The number of thioether (sulfide) groups is 1. The van der Waals surface area contributed by atoms with E-state index in [1.165, 1.54) is 0 Å². The third kappa shape index (κ3) is 4.27. The van der Waals surface area contributed by atoms with Crippen LogP contribution in [0.3, 0.4) is 0 Å². The minimum absolute atomic E-state index is 0.0524. The normalized spacial score (nSPS) is 12.0. The summed E-state index contributed by atoms with van der Waals surface area (Å²) in [5.74, 6) is 2.30. The molecule has 1 unspecified atom stereocenters. The van der Waals surface area contributed by atoms with Crippen molar-refractivity contribution in [1.82, 2.24) is 15.1 Å². The van der Waals surface area contributed by atoms with Crippen molar-refractivity contribution in [2.45, 2.75) is 19.9 Å². The van der Waals surface area contributed by atoms with E-state index in [1.807, 2.05) is 44.3 Å². The fraction of sp³-hybridized carbons (Fsp3) is 0.375. The molecule has 1 amide bonds. The second-order valence-corrected chi connectivity index (χ2v) is 6.12. The number of hydrogen-bond acceptors (Lipinski definition) is 4. The first-order chi connectivity index (χ1) is 10.6. The van der Waals surface area contributed by atoms with Crippen molar-refractivity contribution in [3.05, 3.63) is 42.2 Å². The quantitative estimate of drug-likeness (QED) is 0.852. The van der Waals surface area contributed by atoms with Gasteiger partial charge in [0, 0.05) is 11.8 Å². The zero-order valence-electron chi connectivity index (χ0n) is 13.1. The highest BCUT2D eigenvalue weighted by molar-refractivity contribution is 7.99. The Bertz CT molecular complexity index is 610. The molecule has 0 saturated carbocycles. The predicted octanol–water partition coefficient (Wildman–Crippen LogP) is 2.81. The lowest BCUT2D eigenvalue weighted by molar-refractivity contribution is -0.119. The molecule has 0 radical (unpaired) electrons. The van der Waals surface area contributed by atoms with Gasteiger partial charge in [0.2, 0.25) is 5.91 Å². The first-order valence-electron chi connectivity index (χ1n) is 7.20. The van der Waals surface area contributed by atoms with Gasteiger partial charge in [0.25, 0.3) is 0 Å². The fourth-order valence-corrected chi connectivity index (χ4v) is 2.47. The zero-order chi connectivity index (χ0) is 15.9. The van der Waals surface area contributed by atoms with Gasteiger partial charge in [-0.15, -0.1) is 0 Å². The van der Waals surface area contributed by atoms with Crippen LogP contribution in [0.4, 0.5) is 0 Å². The Morgan fingerprint density at radius 2 is 2.14 bits per heavy atom. The number of benzene rings is 1. The van der Waals surface area contributed by atoms with E-state index in [0.29, 0.717) is 5.75 Å². The van der Waals surface area contributed by atoms with Gasteiger partial charge in [0.1, 0.15) is 5.75 Å². The molecule has 1 N–H and O–H groups in total. The maximum Gasteiger partial charge on any atom is 0.230 e. The lowest BCUT2D eigenvalue weighted by Gasteiger charge is -2.11. The van der Waals surface area contributed by atoms with Crippen molar-refractivity contribution in [3.8, 4) is 11.4 Å². The number of amides is 1. The molecule has 6 heteroatoms. The summed E-state index contributed by atoms with van der Waals surface area (Å²) in [4.78, 5) is 11.8. The minimum atomic E-state index is -0.0584. The van der Waals surface area contributed by atoms with E-state index in [-0.39, 0.29) is 11.9 Å². The summed E-state index contributed by atoms with van der Waals surface area (Å²) in [5.41, 5.74) is 1.93. The standard InChI is InChI=1S/C16H21N3O2S/c1-4-22-11-16(20)18-12(2)13-9-17-19(10-13)14-5-7-15(21-3)8-6-14/h5-10,12H,4,11H2,1-3H3,(H,18,20). The average molecular weight is 319 g/mol. The van der Waals surface area contributed by atoms with Crippen molar-refractivity contribution < 1.29 is 9.53 Å². The first kappa shape index (κ1) is 16.4. The molecule has 1 heterocycles. The summed E-state index contributed by atoms with van der Waals surface area (Å²) in [6, 6.07) is 7.61. The molecule has 2 aromatic rings. The monoisotopic (exact) mass is 319 g/mol. The van der Waals surface area contributed by atoms with Crippen molar-refractivity contribution >= 4 is 17.7 Å². The van der Waals surface area contributed by atoms with Crippen molar-refractivity contribution in [3.63, 3.8) is 0 Å². The molecule has 0 aliphatic carbocycles. The SMILES string of the molecule is CCSCC(=O)NC(C)c1cnn(-c2ccc(OC)cc2)c1. The smallest absolute Gasteiger partial charge is 0.230 e. The number of ether oxygens (including phenoxy) is 1. The second-order valence-electron chi connectivity index (χ2n) is 4.84. The molecule has 0 spiro atoms. The highest BCUT2D eigenvalue weighted by Gasteiger charge is 2.12. The van der Waals surface area contributed by atoms with Crippen LogP contribution in [0.2, 0.25) is 0 Å². The lowest BCUT2D eigenvalue weighted by Crippen LogP contribution is -2.28. The maximum atomic E-state index is 11.8. The highest BCUT2D eigenvalue weighted by Crippen LogP contribution is 2.17. The van der Waals surface area contributed by atoms with E-state index >= 15 is 0 Å². The predicted molar refractivity (Wildman–Crippen MR) is 89.7 cm³/mol. The van der Waals surface area contributed by atoms with Gasteiger partial charge in [-0.3, -0.25) is 4.79 Å². The molecule has 118 valence electrons. The van der Waals surface area contributed by atoms with E-state index in [4.69, 9.17) is 4.74 Å². The van der Waals surface area contributed by atoms with Gasteiger partial charge in [-0.05, 0) is 36.9 Å². The molecule has 0 aliphatic heterocycles. The summed E-state index contributed by atoms with van der Waals surface area (Å²) in [7, 11) is 1.64. The summed E-state index contributed by atoms with van der Waals surface area (Å²) in [6.07, 6.45) is 3.71. The van der Waals surface area contributed by atoms with Crippen LogP contribution in [-0.2, 0) is 4.79 Å². The Morgan fingerprint density at radius 1 is 1.41 bits per heavy atom. The summed E-state index contributed by atoms with van der Waals surface area (Å²) < 4.78 is 6.94. The van der Waals surface area contributed by atoms with Crippen LogP contribution in [0.15, 0.2) is 36.7 Å². The Balaban J connectivity index is 2.02. The largest absolute Gasteiger partial charge is 0.497 e. The number of hydrogen-bond donors (Lipinski definition) is 1. The molecule has 1 atom stereocenters. The number of nitrogens with zero attached hydrogens (tertiary/aromatic N) is 2. The molecule has 1 aromatic heterocycles. The molecule has 0 bridgehead atoms. The van der Waals surface area contributed by atoms with Crippen LogP contribution < -0.4 is 10.1 Å². The van der Waals surface area contributed by atoms with Gasteiger partial charge in [-0.2, -0.15) is 16.9 Å². The molecule has 5 nitrogen and oxygen atoms in total. The van der Waals surface area contributed by atoms with Crippen molar-refractivity contribution in [2.75, 3.05) is 18.6 Å². The third-order valence-corrected chi connectivity index (χ3v) is 4.13. The van der Waals surface area contributed by atoms with E-state index in [2.05, 4.69) is 10.4 Å². The third-order valence-electron chi connectivity index (χ3n) is 3.25. The van der Waals surface area contributed by atoms with Crippen LogP contribution >= 0.6 is 11.8 Å². The van der Waals surface area contributed by atoms with E-state index < -0.39 is 0 Å². The fourth-order valence-electron chi connectivity index (χ4n) is 2.00. The Labute approximate surface area is 135 Å². The van der Waals surface area contributed by atoms with E-state index in [9.17, 15) is 4.79 Å². The van der Waals surface area contributed by atoms with Crippen LogP contribution in [0.1, 0.15) is 25.5 Å². The van der Waals surface area contributed by atoms with Gasteiger partial charge in [-0.25, -0.2) is 4.68 Å². The summed E-state index contributed by atoms with van der Waals surface area (Å²) >= 11 is 1.61.